The van der Waals surface area contributed by atoms with E-state index < -0.39 is 11.5 Å². The molecule has 0 aliphatic carbocycles. The zero-order chi connectivity index (χ0) is 14.7. The van der Waals surface area contributed by atoms with Crippen molar-refractivity contribution in [3.8, 4) is 5.69 Å². The molecule has 5 nitrogen and oxygen atoms in total. The minimum Gasteiger partial charge on any atom is -0.462 e. The molecule has 0 saturated heterocycles. The lowest BCUT2D eigenvalue weighted by molar-refractivity contribution is 0.0526. The molecule has 1 aromatic carbocycles. The average Bonchev–Trinajstić information content (AvgIpc) is 2.45. The Morgan fingerprint density at radius 1 is 1.30 bits per heavy atom. The summed E-state index contributed by atoms with van der Waals surface area (Å²) >= 11 is 11.5. The summed E-state index contributed by atoms with van der Waals surface area (Å²) < 4.78 is 5.97. The molecule has 0 bridgehead atoms. The molecule has 0 atom stereocenters. The van der Waals surface area contributed by atoms with Gasteiger partial charge in [-0.15, -0.1) is 0 Å². The predicted molar refractivity (Wildman–Crippen MR) is 75.8 cm³/mol. The van der Waals surface area contributed by atoms with Gasteiger partial charge in [-0.2, -0.15) is 9.78 Å². The maximum absolute atomic E-state index is 11.9. The van der Waals surface area contributed by atoms with Crippen molar-refractivity contribution in [2.75, 3.05) is 6.61 Å². The van der Waals surface area contributed by atoms with Crippen LogP contribution in [0.4, 0.5) is 0 Å². The Bertz CT molecular complexity index is 696. The molecule has 104 valence electrons. The molecule has 1 heterocycles. The Balaban J connectivity index is 2.38. The summed E-state index contributed by atoms with van der Waals surface area (Å²) in [5.74, 6) is -0.423. The highest BCUT2D eigenvalue weighted by Gasteiger charge is 2.10. The minimum absolute atomic E-state index is 0.0936. The Morgan fingerprint density at radius 3 is 2.55 bits per heavy atom. The van der Waals surface area contributed by atoms with Crippen molar-refractivity contribution in [2.45, 2.75) is 6.92 Å². The number of hydrogen-bond donors (Lipinski definition) is 0. The first kappa shape index (κ1) is 14.6. The van der Waals surface area contributed by atoms with Crippen LogP contribution in [0.15, 0.2) is 35.3 Å². The third kappa shape index (κ3) is 2.84. The number of benzene rings is 1. The van der Waals surface area contributed by atoms with Crippen LogP contribution in [0.25, 0.3) is 5.69 Å². The molecular weight excluding hydrogens is 303 g/mol. The van der Waals surface area contributed by atoms with Gasteiger partial charge in [0, 0.05) is 0 Å². The Kier molecular flexibility index (Phi) is 4.42. The first-order valence-electron chi connectivity index (χ1n) is 5.75. The van der Waals surface area contributed by atoms with Crippen LogP contribution in [0.1, 0.15) is 17.3 Å². The second kappa shape index (κ2) is 6.07. The van der Waals surface area contributed by atoms with E-state index in [0.717, 1.165) is 4.68 Å². The smallest absolute Gasteiger partial charge is 0.338 e. The predicted octanol–water partition coefficient (Wildman–Crippen LogP) is 2.72. The maximum atomic E-state index is 11.9. The summed E-state index contributed by atoms with van der Waals surface area (Å²) in [5, 5.41) is 3.88. The molecular formula is C13H10Cl2N2O3. The van der Waals surface area contributed by atoms with Crippen molar-refractivity contribution in [1.82, 2.24) is 9.78 Å². The topological polar surface area (TPSA) is 61.2 Å². The maximum Gasteiger partial charge on any atom is 0.338 e. The van der Waals surface area contributed by atoms with Crippen LogP contribution >= 0.6 is 23.2 Å². The van der Waals surface area contributed by atoms with E-state index in [2.05, 4.69) is 5.10 Å². The van der Waals surface area contributed by atoms with E-state index in [0.29, 0.717) is 17.9 Å². The second-order valence-electron chi connectivity index (χ2n) is 3.79. The molecule has 20 heavy (non-hydrogen) atoms. The molecule has 0 unspecified atom stereocenters. The molecule has 7 heteroatoms. The molecule has 0 radical (unpaired) electrons. The number of ether oxygens (including phenoxy) is 1. The third-order valence-corrected chi connectivity index (χ3v) is 3.25. The molecule has 0 aliphatic rings. The first-order chi connectivity index (χ1) is 9.54. The van der Waals surface area contributed by atoms with Gasteiger partial charge in [0.05, 0.1) is 29.1 Å². The fourth-order valence-corrected chi connectivity index (χ4v) is 1.80. The number of rotatable bonds is 3. The van der Waals surface area contributed by atoms with Crippen LogP contribution in [0.5, 0.6) is 0 Å². The fourth-order valence-electron chi connectivity index (χ4n) is 1.55. The van der Waals surface area contributed by atoms with Crippen molar-refractivity contribution >= 4 is 29.2 Å². The van der Waals surface area contributed by atoms with Crippen molar-refractivity contribution in [3.05, 3.63) is 56.4 Å². The van der Waals surface area contributed by atoms with Gasteiger partial charge in [0.1, 0.15) is 5.02 Å². The number of carbonyl (C=O) groups is 1. The Labute approximate surface area is 124 Å². The molecule has 0 saturated carbocycles. The Hall–Kier alpha value is -1.85. The Morgan fingerprint density at radius 2 is 1.95 bits per heavy atom. The summed E-state index contributed by atoms with van der Waals surface area (Å²) in [6.45, 7) is 2.03. The summed E-state index contributed by atoms with van der Waals surface area (Å²) in [5.41, 5.74) is 0.341. The number of carbonyl (C=O) groups excluding carboxylic acids is 1. The summed E-state index contributed by atoms with van der Waals surface area (Å²) in [6.07, 6.45) is 1.28. The van der Waals surface area contributed by atoms with Crippen molar-refractivity contribution in [1.29, 1.82) is 0 Å². The zero-order valence-electron chi connectivity index (χ0n) is 10.5. The minimum atomic E-state index is -0.525. The summed E-state index contributed by atoms with van der Waals surface area (Å²) in [7, 11) is 0. The average molecular weight is 313 g/mol. The van der Waals surface area contributed by atoms with E-state index in [1.807, 2.05) is 0 Å². The molecule has 2 rings (SSSR count). The van der Waals surface area contributed by atoms with Gasteiger partial charge in [0.15, 0.2) is 0 Å². The zero-order valence-corrected chi connectivity index (χ0v) is 12.0. The fraction of sp³-hybridized carbons (Fsp3) is 0.154. The van der Waals surface area contributed by atoms with Gasteiger partial charge >= 0.3 is 5.97 Å². The van der Waals surface area contributed by atoms with Crippen LogP contribution in [0, 0.1) is 0 Å². The van der Waals surface area contributed by atoms with Crippen LogP contribution < -0.4 is 5.56 Å². The molecule has 0 spiro atoms. The number of nitrogens with zero attached hydrogens (tertiary/aromatic N) is 2. The van der Waals surface area contributed by atoms with E-state index in [4.69, 9.17) is 27.9 Å². The van der Waals surface area contributed by atoms with Gasteiger partial charge in [0.2, 0.25) is 0 Å². The van der Waals surface area contributed by atoms with E-state index in [1.165, 1.54) is 6.20 Å². The SMILES string of the molecule is CCOC(=O)c1ccc(-n2ncc(Cl)c(Cl)c2=O)cc1. The standard InChI is InChI=1S/C13H10Cl2N2O3/c1-2-20-13(19)8-3-5-9(6-4-8)17-12(18)11(15)10(14)7-16-17/h3-7H,2H2,1H3. The van der Waals surface area contributed by atoms with Gasteiger partial charge in [-0.3, -0.25) is 4.79 Å². The molecule has 1 aromatic heterocycles. The van der Waals surface area contributed by atoms with Crippen LogP contribution in [-0.2, 0) is 4.74 Å². The second-order valence-corrected chi connectivity index (χ2v) is 4.58. The highest BCUT2D eigenvalue weighted by molar-refractivity contribution is 6.41. The van der Waals surface area contributed by atoms with E-state index in [9.17, 15) is 9.59 Å². The van der Waals surface area contributed by atoms with Crippen LogP contribution in [-0.4, -0.2) is 22.4 Å². The van der Waals surface area contributed by atoms with Gasteiger partial charge < -0.3 is 4.74 Å². The van der Waals surface area contributed by atoms with Gasteiger partial charge in [-0.1, -0.05) is 23.2 Å². The number of esters is 1. The third-order valence-electron chi connectivity index (χ3n) is 2.50. The highest BCUT2D eigenvalue weighted by Crippen LogP contribution is 2.16. The van der Waals surface area contributed by atoms with Gasteiger partial charge in [-0.25, -0.2) is 4.79 Å². The van der Waals surface area contributed by atoms with Crippen molar-refractivity contribution < 1.29 is 9.53 Å². The lowest BCUT2D eigenvalue weighted by Gasteiger charge is -2.06. The lowest BCUT2D eigenvalue weighted by Crippen LogP contribution is -2.21. The first-order valence-corrected chi connectivity index (χ1v) is 6.51. The summed E-state index contributed by atoms with van der Waals surface area (Å²) in [4.78, 5) is 23.4. The summed E-state index contributed by atoms with van der Waals surface area (Å²) in [6, 6.07) is 6.24. The van der Waals surface area contributed by atoms with Crippen LogP contribution in [0.3, 0.4) is 0 Å². The number of halogens is 2. The molecule has 0 aliphatic heterocycles. The molecule has 2 aromatic rings. The molecule has 0 amide bonds. The number of aromatic nitrogens is 2. The van der Waals surface area contributed by atoms with Crippen molar-refractivity contribution in [2.24, 2.45) is 0 Å². The molecule has 0 fully saturated rings. The molecule has 0 N–H and O–H groups in total. The quantitative estimate of drug-likeness (QED) is 0.818. The largest absolute Gasteiger partial charge is 0.462 e. The number of hydrogen-bond acceptors (Lipinski definition) is 4. The lowest BCUT2D eigenvalue weighted by atomic mass is 10.2. The van der Waals surface area contributed by atoms with Crippen LogP contribution in [0.2, 0.25) is 10.0 Å². The highest BCUT2D eigenvalue weighted by atomic mass is 35.5. The van der Waals surface area contributed by atoms with E-state index >= 15 is 0 Å². The van der Waals surface area contributed by atoms with Gasteiger partial charge in [-0.05, 0) is 31.2 Å². The van der Waals surface area contributed by atoms with E-state index in [-0.39, 0.29) is 10.0 Å². The normalized spacial score (nSPS) is 10.3. The van der Waals surface area contributed by atoms with Crippen molar-refractivity contribution in [3.63, 3.8) is 0 Å². The van der Waals surface area contributed by atoms with Gasteiger partial charge in [0.25, 0.3) is 5.56 Å². The monoisotopic (exact) mass is 312 g/mol. The van der Waals surface area contributed by atoms with E-state index in [1.54, 1.807) is 31.2 Å².